The first-order chi connectivity index (χ1) is 11.9. The van der Waals surface area contributed by atoms with Crippen LogP contribution in [-0.4, -0.2) is 55.5 Å². The van der Waals surface area contributed by atoms with Crippen molar-refractivity contribution < 1.29 is 9.53 Å². The Hall–Kier alpha value is -2.22. The number of carbonyl (C=O) groups excluding carboxylic acids is 1. The number of hydrogen-bond acceptors (Lipinski definition) is 5. The molecule has 2 aromatic rings. The Morgan fingerprint density at radius 1 is 1.44 bits per heavy atom. The fourth-order valence-electron chi connectivity index (χ4n) is 2.99. The molecule has 3 heterocycles. The van der Waals surface area contributed by atoms with Crippen molar-refractivity contribution in [1.82, 2.24) is 29.9 Å². The zero-order chi connectivity index (χ0) is 18.0. The zero-order valence-electron chi connectivity index (χ0n) is 15.3. The number of nitrogens with zero attached hydrogens (tertiary/aromatic N) is 5. The second-order valence-corrected chi connectivity index (χ2v) is 6.83. The summed E-state index contributed by atoms with van der Waals surface area (Å²) in [5.74, 6) is 1.84. The molecule has 0 aliphatic carbocycles. The van der Waals surface area contributed by atoms with Crippen molar-refractivity contribution in [3.8, 4) is 0 Å². The highest BCUT2D eigenvalue weighted by molar-refractivity contribution is 5.76. The van der Waals surface area contributed by atoms with E-state index < -0.39 is 0 Å². The van der Waals surface area contributed by atoms with Crippen LogP contribution in [0.3, 0.4) is 0 Å². The van der Waals surface area contributed by atoms with E-state index in [2.05, 4.69) is 20.3 Å². The maximum atomic E-state index is 12.6. The third-order valence-corrected chi connectivity index (χ3v) is 4.40. The van der Waals surface area contributed by atoms with Gasteiger partial charge in [-0.15, -0.1) is 0 Å². The summed E-state index contributed by atoms with van der Waals surface area (Å²) in [4.78, 5) is 18.9. The molecule has 0 saturated carbocycles. The predicted molar refractivity (Wildman–Crippen MR) is 92.1 cm³/mol. The van der Waals surface area contributed by atoms with Gasteiger partial charge in [0, 0.05) is 31.1 Å². The lowest BCUT2D eigenvalue weighted by Gasteiger charge is -2.32. The Kier molecular flexibility index (Phi) is 5.17. The van der Waals surface area contributed by atoms with Gasteiger partial charge in [-0.2, -0.15) is 10.2 Å². The van der Waals surface area contributed by atoms with Crippen molar-refractivity contribution in [2.24, 2.45) is 0 Å². The SMILES string of the molecule is Cc1cc(C)n(CCC(=O)N2CCO[C@@H](c3nc(C(C)C)n[nH]3)C2)n1. The minimum Gasteiger partial charge on any atom is -0.367 e. The number of H-pyrrole nitrogens is 1. The summed E-state index contributed by atoms with van der Waals surface area (Å²) in [5, 5.41) is 11.6. The van der Waals surface area contributed by atoms with Gasteiger partial charge in [-0.25, -0.2) is 4.98 Å². The molecule has 1 aliphatic heterocycles. The molecule has 8 nitrogen and oxygen atoms in total. The fraction of sp³-hybridized carbons (Fsp3) is 0.647. The third kappa shape index (κ3) is 4.07. The first-order valence-electron chi connectivity index (χ1n) is 8.76. The van der Waals surface area contributed by atoms with Crippen LogP contribution in [0.1, 0.15) is 55.3 Å². The number of aryl methyl sites for hydroxylation is 3. The van der Waals surface area contributed by atoms with Crippen molar-refractivity contribution in [2.75, 3.05) is 19.7 Å². The van der Waals surface area contributed by atoms with Crippen LogP contribution in [-0.2, 0) is 16.1 Å². The zero-order valence-corrected chi connectivity index (χ0v) is 15.3. The summed E-state index contributed by atoms with van der Waals surface area (Å²) in [6, 6.07) is 2.02. The molecule has 1 atom stereocenters. The first kappa shape index (κ1) is 17.6. The number of morpholine rings is 1. The number of rotatable bonds is 5. The minimum atomic E-state index is -0.244. The first-order valence-corrected chi connectivity index (χ1v) is 8.76. The van der Waals surface area contributed by atoms with Gasteiger partial charge in [-0.1, -0.05) is 13.8 Å². The van der Waals surface area contributed by atoms with E-state index in [1.54, 1.807) is 0 Å². The van der Waals surface area contributed by atoms with Gasteiger partial charge in [0.15, 0.2) is 11.6 Å². The van der Waals surface area contributed by atoms with E-state index in [1.807, 2.05) is 43.3 Å². The van der Waals surface area contributed by atoms with Gasteiger partial charge >= 0.3 is 0 Å². The van der Waals surface area contributed by atoms with Crippen molar-refractivity contribution in [2.45, 2.75) is 52.7 Å². The quantitative estimate of drug-likeness (QED) is 0.891. The van der Waals surface area contributed by atoms with Gasteiger partial charge < -0.3 is 9.64 Å². The van der Waals surface area contributed by atoms with Crippen LogP contribution in [0.2, 0.25) is 0 Å². The highest BCUT2D eigenvalue weighted by Crippen LogP contribution is 2.21. The lowest BCUT2D eigenvalue weighted by atomic mass is 10.2. The molecule has 136 valence electrons. The number of ether oxygens (including phenoxy) is 1. The Balaban J connectivity index is 1.58. The van der Waals surface area contributed by atoms with Crippen LogP contribution in [0.5, 0.6) is 0 Å². The number of carbonyl (C=O) groups is 1. The number of hydrogen-bond donors (Lipinski definition) is 1. The van der Waals surface area contributed by atoms with Crippen molar-refractivity contribution in [3.63, 3.8) is 0 Å². The molecule has 3 rings (SSSR count). The van der Waals surface area contributed by atoms with Gasteiger partial charge in [0.2, 0.25) is 5.91 Å². The van der Waals surface area contributed by atoms with E-state index in [-0.39, 0.29) is 17.9 Å². The van der Waals surface area contributed by atoms with E-state index in [0.717, 1.165) is 17.2 Å². The molecule has 0 spiro atoms. The van der Waals surface area contributed by atoms with Crippen LogP contribution in [0, 0.1) is 13.8 Å². The van der Waals surface area contributed by atoms with Crippen LogP contribution < -0.4 is 0 Å². The maximum absolute atomic E-state index is 12.6. The molecular formula is C17H26N6O2. The van der Waals surface area contributed by atoms with Gasteiger partial charge in [0.1, 0.15) is 6.10 Å². The minimum absolute atomic E-state index is 0.115. The predicted octanol–water partition coefficient (Wildman–Crippen LogP) is 1.73. The number of aromatic nitrogens is 5. The molecule has 0 unspecified atom stereocenters. The second-order valence-electron chi connectivity index (χ2n) is 6.83. The number of amides is 1. The van der Waals surface area contributed by atoms with E-state index in [9.17, 15) is 4.79 Å². The van der Waals surface area contributed by atoms with Gasteiger partial charge in [-0.05, 0) is 19.9 Å². The second kappa shape index (κ2) is 7.35. The molecule has 1 aliphatic rings. The molecule has 25 heavy (non-hydrogen) atoms. The molecule has 1 N–H and O–H groups in total. The standard InChI is InChI=1S/C17H26N6O2/c1-11(2)16-18-17(20-19-16)14-10-22(7-8-25-14)15(24)5-6-23-13(4)9-12(3)21-23/h9,11,14H,5-8,10H2,1-4H3,(H,18,19,20)/t14-/m1/s1. The number of nitrogens with one attached hydrogen (secondary N) is 1. The molecule has 1 saturated heterocycles. The monoisotopic (exact) mass is 346 g/mol. The average molecular weight is 346 g/mol. The van der Waals surface area contributed by atoms with E-state index in [0.29, 0.717) is 38.5 Å². The lowest BCUT2D eigenvalue weighted by Crippen LogP contribution is -2.42. The van der Waals surface area contributed by atoms with Crippen molar-refractivity contribution >= 4 is 5.91 Å². The van der Waals surface area contributed by atoms with Gasteiger partial charge in [0.25, 0.3) is 0 Å². The Morgan fingerprint density at radius 2 is 2.24 bits per heavy atom. The highest BCUT2D eigenvalue weighted by Gasteiger charge is 2.27. The van der Waals surface area contributed by atoms with Crippen LogP contribution in [0.4, 0.5) is 0 Å². The van der Waals surface area contributed by atoms with E-state index >= 15 is 0 Å². The topological polar surface area (TPSA) is 88.9 Å². The summed E-state index contributed by atoms with van der Waals surface area (Å²) in [5.41, 5.74) is 2.05. The molecule has 1 fully saturated rings. The average Bonchev–Trinajstić information content (AvgIpc) is 3.19. The summed E-state index contributed by atoms with van der Waals surface area (Å²) < 4.78 is 7.66. The van der Waals surface area contributed by atoms with Gasteiger partial charge in [0.05, 0.1) is 18.8 Å². The Labute approximate surface area is 147 Å². The molecule has 0 bridgehead atoms. The molecule has 1 amide bonds. The Bertz CT molecular complexity index is 735. The molecule has 0 aromatic carbocycles. The van der Waals surface area contributed by atoms with Crippen molar-refractivity contribution in [3.05, 3.63) is 29.1 Å². The fourth-order valence-corrected chi connectivity index (χ4v) is 2.99. The summed E-state index contributed by atoms with van der Waals surface area (Å²) in [6.07, 6.45) is 0.189. The maximum Gasteiger partial charge on any atom is 0.224 e. The highest BCUT2D eigenvalue weighted by atomic mass is 16.5. The summed E-state index contributed by atoms with van der Waals surface area (Å²) in [7, 11) is 0. The molecular weight excluding hydrogens is 320 g/mol. The lowest BCUT2D eigenvalue weighted by molar-refractivity contribution is -0.139. The summed E-state index contributed by atoms with van der Waals surface area (Å²) in [6.45, 7) is 10.3. The van der Waals surface area contributed by atoms with E-state index in [1.165, 1.54) is 0 Å². The molecule has 0 radical (unpaired) electrons. The molecule has 8 heteroatoms. The smallest absolute Gasteiger partial charge is 0.224 e. The van der Waals surface area contributed by atoms with E-state index in [4.69, 9.17) is 4.74 Å². The Morgan fingerprint density at radius 3 is 2.88 bits per heavy atom. The van der Waals surface area contributed by atoms with Crippen LogP contribution in [0.25, 0.3) is 0 Å². The molecule has 2 aromatic heterocycles. The van der Waals surface area contributed by atoms with Crippen LogP contribution >= 0.6 is 0 Å². The summed E-state index contributed by atoms with van der Waals surface area (Å²) >= 11 is 0. The van der Waals surface area contributed by atoms with Gasteiger partial charge in [-0.3, -0.25) is 14.6 Å². The number of aromatic amines is 1. The largest absolute Gasteiger partial charge is 0.367 e. The van der Waals surface area contributed by atoms with Crippen LogP contribution in [0.15, 0.2) is 6.07 Å². The third-order valence-electron chi connectivity index (χ3n) is 4.40. The van der Waals surface area contributed by atoms with Crippen molar-refractivity contribution in [1.29, 1.82) is 0 Å². The normalized spacial score (nSPS) is 18.1.